The topological polar surface area (TPSA) is 191 Å². The highest BCUT2D eigenvalue weighted by atomic mass is 32.2. The van der Waals surface area contributed by atoms with Gasteiger partial charge in [0.05, 0.1) is 42.9 Å². The number of aliphatic hydroxyl groups excluding tert-OH is 1. The van der Waals surface area contributed by atoms with E-state index in [2.05, 4.69) is 10.6 Å². The summed E-state index contributed by atoms with van der Waals surface area (Å²) in [6, 6.07) is 9.33. The van der Waals surface area contributed by atoms with Crippen molar-refractivity contribution >= 4 is 22.2 Å². The number of ether oxygens (including phenoxy) is 6. The Morgan fingerprint density at radius 3 is 2.47 bits per heavy atom. The number of carboxylic acid groups (broad SMARTS) is 1. The van der Waals surface area contributed by atoms with E-state index in [-0.39, 0.29) is 43.1 Å². The van der Waals surface area contributed by atoms with Crippen molar-refractivity contribution in [2.75, 3.05) is 39.7 Å². The maximum Gasteiger partial charge on any atom is 0.407 e. The zero-order valence-corrected chi connectivity index (χ0v) is 31.8. The zero-order chi connectivity index (χ0) is 38.3. The van der Waals surface area contributed by atoms with Crippen molar-refractivity contribution < 1.29 is 56.6 Å². The molecule has 53 heavy (non-hydrogen) atoms. The number of benzene rings is 2. The molecule has 0 bridgehead atoms. The first kappa shape index (κ1) is 40.4. The SMILES string of the molecule is CC(C)CN(C([C@H](O)[C@H](Cc1ccc(OCCCCNC(=O)OC(C)(C)C)cc1)NC(=O)O)[C@@H]1CO[C@H]2OCC[C@H]21)S(=O)(=O)c1ccc2c(c1)OCO2. The van der Waals surface area contributed by atoms with Crippen molar-refractivity contribution in [3.05, 3.63) is 48.0 Å². The molecule has 5 rings (SSSR count). The third kappa shape index (κ3) is 10.7. The van der Waals surface area contributed by atoms with E-state index in [0.29, 0.717) is 61.8 Å². The molecular weight excluding hydrogens is 710 g/mol. The summed E-state index contributed by atoms with van der Waals surface area (Å²) in [6.07, 6.45) is -1.78. The highest BCUT2D eigenvalue weighted by Crippen LogP contribution is 2.42. The molecule has 3 heterocycles. The fourth-order valence-corrected chi connectivity index (χ4v) is 8.81. The van der Waals surface area contributed by atoms with Crippen LogP contribution in [0.25, 0.3) is 0 Å². The largest absolute Gasteiger partial charge is 0.494 e. The lowest BCUT2D eigenvalue weighted by atomic mass is 9.81. The highest BCUT2D eigenvalue weighted by molar-refractivity contribution is 7.89. The van der Waals surface area contributed by atoms with Gasteiger partial charge in [-0.15, -0.1) is 0 Å². The summed E-state index contributed by atoms with van der Waals surface area (Å²) in [5.41, 5.74) is 0.140. The van der Waals surface area contributed by atoms with Gasteiger partial charge in [0, 0.05) is 31.0 Å². The number of alkyl carbamates (subject to hydrolysis) is 1. The summed E-state index contributed by atoms with van der Waals surface area (Å²) in [5, 5.41) is 27.4. The predicted octanol–water partition coefficient (Wildman–Crippen LogP) is 4.36. The Morgan fingerprint density at radius 1 is 1.04 bits per heavy atom. The van der Waals surface area contributed by atoms with Crippen LogP contribution in [-0.2, 0) is 30.7 Å². The number of rotatable bonds is 17. The van der Waals surface area contributed by atoms with E-state index >= 15 is 0 Å². The Labute approximate surface area is 311 Å². The molecule has 2 fully saturated rings. The van der Waals surface area contributed by atoms with Crippen molar-refractivity contribution in [2.45, 2.75) is 95.3 Å². The molecule has 15 nitrogen and oxygen atoms in total. The van der Waals surface area contributed by atoms with Crippen molar-refractivity contribution in [1.29, 1.82) is 0 Å². The molecule has 0 radical (unpaired) electrons. The number of unbranched alkanes of at least 4 members (excludes halogenated alkanes) is 1. The fraction of sp³-hybridized carbons (Fsp3) is 0.622. The van der Waals surface area contributed by atoms with E-state index in [4.69, 9.17) is 28.4 Å². The molecule has 2 aromatic carbocycles. The normalized spacial score (nSPS) is 21.2. The van der Waals surface area contributed by atoms with Gasteiger partial charge in [0.2, 0.25) is 16.8 Å². The second-order valence-corrected chi connectivity index (χ2v) is 16.9. The Hall–Kier alpha value is -3.83. The molecule has 2 saturated heterocycles. The van der Waals surface area contributed by atoms with Gasteiger partial charge < -0.3 is 49.3 Å². The van der Waals surface area contributed by atoms with Gasteiger partial charge in [0.25, 0.3) is 0 Å². The second-order valence-electron chi connectivity index (χ2n) is 15.0. The smallest absolute Gasteiger partial charge is 0.407 e. The first-order chi connectivity index (χ1) is 25.1. The standard InChI is InChI=1S/C37H53N3O12S/c1-23(2)20-40(53(45,46)26-12-13-30-31(19-26)51-22-50-30)32(28-21-49-34-27(28)14-17-48-34)33(41)29(39-35(42)43)18-24-8-10-25(11-9-24)47-16-7-6-15-38-36(44)52-37(3,4)5/h8-13,19,23,27-29,32-34,39,41H,6-7,14-18,20-22H2,1-5H3,(H,38,44)(H,42,43)/t27-,28+,29-,32?,33+,34+/m0/s1. The fourth-order valence-electron chi connectivity index (χ4n) is 6.95. The summed E-state index contributed by atoms with van der Waals surface area (Å²) >= 11 is 0. The number of aliphatic hydroxyl groups is 1. The van der Waals surface area contributed by atoms with Crippen LogP contribution in [-0.4, -0.2) is 105 Å². The number of amides is 2. The number of hydrogen-bond acceptors (Lipinski definition) is 11. The molecule has 0 aliphatic carbocycles. The number of sulfonamides is 1. The molecule has 0 saturated carbocycles. The Bertz CT molecular complexity index is 1650. The van der Waals surface area contributed by atoms with E-state index in [1.165, 1.54) is 16.4 Å². The summed E-state index contributed by atoms with van der Waals surface area (Å²) in [7, 11) is -4.27. The molecule has 2 amide bonds. The number of hydrogen-bond donors (Lipinski definition) is 4. The third-order valence-electron chi connectivity index (χ3n) is 9.31. The molecule has 6 atom stereocenters. The van der Waals surface area contributed by atoms with Crippen molar-refractivity contribution in [3.63, 3.8) is 0 Å². The van der Waals surface area contributed by atoms with Gasteiger partial charge in [0.1, 0.15) is 11.4 Å². The van der Waals surface area contributed by atoms with Crippen LogP contribution in [0.1, 0.15) is 59.4 Å². The number of fused-ring (bicyclic) bond motifs is 2. The second kappa shape index (κ2) is 17.5. The van der Waals surface area contributed by atoms with Crippen LogP contribution in [0.4, 0.5) is 9.59 Å². The van der Waals surface area contributed by atoms with E-state index in [0.717, 1.165) is 0 Å². The summed E-state index contributed by atoms with van der Waals surface area (Å²) in [6.45, 7) is 10.6. The molecule has 3 aliphatic rings. The number of nitrogens with one attached hydrogen (secondary N) is 2. The Morgan fingerprint density at radius 2 is 1.77 bits per heavy atom. The van der Waals surface area contributed by atoms with Crippen molar-refractivity contribution in [2.24, 2.45) is 17.8 Å². The van der Waals surface area contributed by atoms with Crippen LogP contribution in [0.15, 0.2) is 47.4 Å². The Balaban J connectivity index is 1.33. The zero-order valence-electron chi connectivity index (χ0n) is 31.0. The van der Waals surface area contributed by atoms with Gasteiger partial charge in [-0.05, 0) is 82.2 Å². The van der Waals surface area contributed by atoms with Crippen LogP contribution in [0, 0.1) is 17.8 Å². The maximum absolute atomic E-state index is 14.6. The van der Waals surface area contributed by atoms with Gasteiger partial charge >= 0.3 is 12.2 Å². The van der Waals surface area contributed by atoms with Crippen LogP contribution >= 0.6 is 0 Å². The maximum atomic E-state index is 14.6. The number of nitrogens with zero attached hydrogens (tertiary/aromatic N) is 1. The lowest BCUT2D eigenvalue weighted by molar-refractivity contribution is -0.0907. The average molecular weight is 764 g/mol. The lowest BCUT2D eigenvalue weighted by Gasteiger charge is -2.42. The molecule has 294 valence electrons. The minimum atomic E-state index is -4.27. The number of carbonyl (C=O) groups is 2. The molecule has 2 aromatic rings. The summed E-state index contributed by atoms with van der Waals surface area (Å²) in [5.74, 6) is 0.490. The molecule has 3 aliphatic heterocycles. The van der Waals surface area contributed by atoms with Crippen LogP contribution in [0.2, 0.25) is 0 Å². The van der Waals surface area contributed by atoms with E-state index in [9.17, 15) is 28.2 Å². The van der Waals surface area contributed by atoms with Gasteiger partial charge in [0.15, 0.2) is 17.8 Å². The molecule has 0 aromatic heterocycles. The van der Waals surface area contributed by atoms with Crippen LogP contribution < -0.4 is 24.8 Å². The first-order valence-electron chi connectivity index (χ1n) is 18.1. The van der Waals surface area contributed by atoms with Crippen LogP contribution in [0.5, 0.6) is 17.2 Å². The predicted molar refractivity (Wildman–Crippen MR) is 192 cm³/mol. The molecular formula is C37H53N3O12S. The molecule has 1 unspecified atom stereocenters. The van der Waals surface area contributed by atoms with Gasteiger partial charge in [-0.25, -0.2) is 18.0 Å². The lowest BCUT2D eigenvalue weighted by Crippen LogP contribution is -2.60. The van der Waals surface area contributed by atoms with Gasteiger partial charge in [-0.1, -0.05) is 26.0 Å². The number of carbonyl (C=O) groups excluding carboxylic acids is 1. The quantitative estimate of drug-likeness (QED) is 0.167. The molecule has 4 N–H and O–H groups in total. The van der Waals surface area contributed by atoms with E-state index < -0.39 is 58.2 Å². The Kier molecular flexibility index (Phi) is 13.4. The van der Waals surface area contributed by atoms with E-state index in [1.807, 2.05) is 13.8 Å². The minimum absolute atomic E-state index is 0.0247. The molecule has 0 spiro atoms. The summed E-state index contributed by atoms with van der Waals surface area (Å²) < 4.78 is 64.2. The third-order valence-corrected chi connectivity index (χ3v) is 11.2. The highest BCUT2D eigenvalue weighted by Gasteiger charge is 2.52. The van der Waals surface area contributed by atoms with Crippen molar-refractivity contribution in [1.82, 2.24) is 14.9 Å². The summed E-state index contributed by atoms with van der Waals surface area (Å²) in [4.78, 5) is 24.0. The first-order valence-corrected chi connectivity index (χ1v) is 19.6. The average Bonchev–Trinajstić information content (AvgIpc) is 3.84. The monoisotopic (exact) mass is 763 g/mol. The van der Waals surface area contributed by atoms with Gasteiger partial charge in [-0.2, -0.15) is 4.31 Å². The molecule has 16 heteroatoms. The van der Waals surface area contributed by atoms with Gasteiger partial charge in [-0.3, -0.25) is 0 Å². The van der Waals surface area contributed by atoms with E-state index in [1.54, 1.807) is 51.1 Å². The minimum Gasteiger partial charge on any atom is -0.494 e. The van der Waals surface area contributed by atoms with Crippen molar-refractivity contribution in [3.8, 4) is 17.2 Å². The van der Waals surface area contributed by atoms with Crippen LogP contribution in [0.3, 0.4) is 0 Å².